The van der Waals surface area contributed by atoms with Gasteiger partial charge in [0.15, 0.2) is 0 Å². The van der Waals surface area contributed by atoms with Crippen LogP contribution in [0.2, 0.25) is 0 Å². The Morgan fingerprint density at radius 2 is 1.56 bits per heavy atom. The average Bonchev–Trinajstić information content (AvgIpc) is 2.29. The van der Waals surface area contributed by atoms with Gasteiger partial charge < -0.3 is 10.6 Å². The van der Waals surface area contributed by atoms with Crippen LogP contribution in [0.5, 0.6) is 0 Å². The Balaban J connectivity index is 0. The van der Waals surface area contributed by atoms with Gasteiger partial charge in [-0.2, -0.15) is 0 Å². The number of hydrogen-bond acceptors (Lipinski definition) is 2. The fourth-order valence-electron chi connectivity index (χ4n) is 2.22. The number of halogens is 3. The molecular weight excluding hydrogens is 291 g/mol. The number of rotatable bonds is 3. The first-order valence-electron chi connectivity index (χ1n) is 5.92. The Morgan fingerprint density at radius 1 is 0.944 bits per heavy atom. The Morgan fingerprint density at radius 3 is 2.17 bits per heavy atom. The number of nitrogens with two attached hydrogens (primary N) is 1. The minimum atomic E-state index is 0. The summed E-state index contributed by atoms with van der Waals surface area (Å²) >= 11 is 0. The molecule has 0 aromatic heterocycles. The first-order chi connectivity index (χ1) is 7.36. The number of likely N-dealkylation sites (tertiary alicyclic amines) is 1. The summed E-state index contributed by atoms with van der Waals surface area (Å²) in [6.45, 7) is 3.70. The lowest BCUT2D eigenvalue weighted by Gasteiger charge is -2.26. The van der Waals surface area contributed by atoms with Crippen molar-refractivity contribution in [1.29, 1.82) is 0 Å². The lowest BCUT2D eigenvalue weighted by molar-refractivity contribution is 0.231. The number of piperidine rings is 1. The number of benzene rings is 1. The molecule has 106 valence electrons. The van der Waals surface area contributed by atoms with E-state index < -0.39 is 0 Å². The van der Waals surface area contributed by atoms with E-state index in [1.165, 1.54) is 37.9 Å². The molecule has 0 aliphatic carbocycles. The van der Waals surface area contributed by atoms with Crippen molar-refractivity contribution >= 4 is 42.9 Å². The molecule has 1 aromatic rings. The third kappa shape index (κ3) is 6.14. The number of para-hydroxylation sites is 1. The van der Waals surface area contributed by atoms with Gasteiger partial charge in [-0.05, 0) is 44.0 Å². The highest BCUT2D eigenvalue weighted by atomic mass is 35.5. The van der Waals surface area contributed by atoms with Gasteiger partial charge in [-0.1, -0.05) is 24.6 Å². The summed E-state index contributed by atoms with van der Waals surface area (Å²) in [5.41, 5.74) is 8.15. The predicted octanol–water partition coefficient (Wildman–Crippen LogP) is 3.56. The van der Waals surface area contributed by atoms with Crippen LogP contribution < -0.4 is 5.73 Å². The molecule has 0 amide bonds. The first kappa shape index (κ1) is 20.2. The molecule has 0 radical (unpaired) electrons. The zero-order valence-electron chi connectivity index (χ0n) is 10.5. The molecule has 0 bridgehead atoms. The smallest absolute Gasteiger partial charge is 0.0347 e. The van der Waals surface area contributed by atoms with Gasteiger partial charge in [0.05, 0.1) is 0 Å². The molecule has 1 saturated heterocycles. The van der Waals surface area contributed by atoms with Crippen LogP contribution in [0.15, 0.2) is 24.3 Å². The van der Waals surface area contributed by atoms with Gasteiger partial charge in [0.1, 0.15) is 0 Å². The Kier molecular flexibility index (Phi) is 12.0. The number of anilines is 1. The van der Waals surface area contributed by atoms with Crippen molar-refractivity contribution < 1.29 is 0 Å². The molecule has 1 aromatic carbocycles. The van der Waals surface area contributed by atoms with Gasteiger partial charge in [0.2, 0.25) is 0 Å². The van der Waals surface area contributed by atoms with Gasteiger partial charge in [-0.3, -0.25) is 0 Å². The Hall–Kier alpha value is -0.150. The standard InChI is InChI=1S/C13H20N2.3ClH/c14-13-7-3-2-6-12(13)8-11-15-9-4-1-5-10-15;;;/h2-3,6-7H,1,4-5,8-11,14H2;3*1H. The van der Waals surface area contributed by atoms with E-state index in [1.807, 2.05) is 12.1 Å². The minimum absolute atomic E-state index is 0. The second-order valence-electron chi connectivity index (χ2n) is 4.35. The van der Waals surface area contributed by atoms with Gasteiger partial charge >= 0.3 is 0 Å². The van der Waals surface area contributed by atoms with E-state index in [1.54, 1.807) is 0 Å². The fraction of sp³-hybridized carbons (Fsp3) is 0.538. The maximum Gasteiger partial charge on any atom is 0.0347 e. The summed E-state index contributed by atoms with van der Waals surface area (Å²) < 4.78 is 0. The van der Waals surface area contributed by atoms with E-state index >= 15 is 0 Å². The molecule has 0 unspecified atom stereocenters. The van der Waals surface area contributed by atoms with E-state index in [-0.39, 0.29) is 37.2 Å². The van der Waals surface area contributed by atoms with Gasteiger partial charge in [0, 0.05) is 12.2 Å². The maximum absolute atomic E-state index is 5.92. The summed E-state index contributed by atoms with van der Waals surface area (Å²) in [4.78, 5) is 2.55. The fourth-order valence-corrected chi connectivity index (χ4v) is 2.22. The summed E-state index contributed by atoms with van der Waals surface area (Å²) in [5, 5.41) is 0. The molecule has 0 atom stereocenters. The molecule has 2 rings (SSSR count). The van der Waals surface area contributed by atoms with Crippen LogP contribution in [0.3, 0.4) is 0 Å². The second-order valence-corrected chi connectivity index (χ2v) is 4.35. The van der Waals surface area contributed by atoms with E-state index in [2.05, 4.69) is 17.0 Å². The molecule has 2 nitrogen and oxygen atoms in total. The molecule has 5 heteroatoms. The van der Waals surface area contributed by atoms with Gasteiger partial charge in [-0.25, -0.2) is 0 Å². The second kappa shape index (κ2) is 10.7. The molecule has 0 spiro atoms. The SMILES string of the molecule is Cl.Cl.Cl.Nc1ccccc1CCN1CCCCC1. The van der Waals surface area contributed by atoms with Crippen molar-refractivity contribution in [2.75, 3.05) is 25.4 Å². The largest absolute Gasteiger partial charge is 0.399 e. The number of hydrogen-bond donors (Lipinski definition) is 1. The number of nitrogens with zero attached hydrogens (tertiary/aromatic N) is 1. The van der Waals surface area contributed by atoms with Crippen molar-refractivity contribution in [3.63, 3.8) is 0 Å². The highest BCUT2D eigenvalue weighted by Crippen LogP contribution is 2.14. The lowest BCUT2D eigenvalue weighted by atomic mass is 10.1. The summed E-state index contributed by atoms with van der Waals surface area (Å²) in [6.07, 6.45) is 5.23. The zero-order chi connectivity index (χ0) is 10.5. The maximum atomic E-state index is 5.92. The lowest BCUT2D eigenvalue weighted by Crippen LogP contribution is -2.31. The molecule has 1 aliphatic rings. The van der Waals surface area contributed by atoms with Crippen LogP contribution in [0.25, 0.3) is 0 Å². The molecule has 1 aliphatic heterocycles. The quantitative estimate of drug-likeness (QED) is 0.865. The third-order valence-electron chi connectivity index (χ3n) is 3.20. The monoisotopic (exact) mass is 312 g/mol. The molecule has 18 heavy (non-hydrogen) atoms. The van der Waals surface area contributed by atoms with Crippen molar-refractivity contribution in [1.82, 2.24) is 4.90 Å². The molecule has 1 fully saturated rings. The van der Waals surface area contributed by atoms with E-state index in [0.29, 0.717) is 0 Å². The van der Waals surface area contributed by atoms with Crippen LogP contribution in [0.1, 0.15) is 24.8 Å². The van der Waals surface area contributed by atoms with Crippen LogP contribution in [-0.4, -0.2) is 24.5 Å². The van der Waals surface area contributed by atoms with Crippen LogP contribution >= 0.6 is 37.2 Å². The summed E-state index contributed by atoms with van der Waals surface area (Å²) in [5.74, 6) is 0. The molecule has 0 saturated carbocycles. The molecule has 2 N–H and O–H groups in total. The summed E-state index contributed by atoms with van der Waals surface area (Å²) in [6, 6.07) is 8.20. The predicted molar refractivity (Wildman–Crippen MR) is 86.6 cm³/mol. The van der Waals surface area contributed by atoms with Crippen molar-refractivity contribution in [3.05, 3.63) is 29.8 Å². The topological polar surface area (TPSA) is 29.3 Å². The van der Waals surface area contributed by atoms with Crippen LogP contribution in [0.4, 0.5) is 5.69 Å². The third-order valence-corrected chi connectivity index (χ3v) is 3.20. The zero-order valence-corrected chi connectivity index (χ0v) is 13.0. The minimum Gasteiger partial charge on any atom is -0.399 e. The van der Waals surface area contributed by atoms with Crippen molar-refractivity contribution in [2.24, 2.45) is 0 Å². The van der Waals surface area contributed by atoms with Gasteiger partial charge in [-0.15, -0.1) is 37.2 Å². The van der Waals surface area contributed by atoms with E-state index in [9.17, 15) is 0 Å². The first-order valence-corrected chi connectivity index (χ1v) is 5.92. The Bertz CT molecular complexity index is 315. The molecule has 1 heterocycles. The molecular formula is C13H23Cl3N2. The number of nitrogen functional groups attached to an aromatic ring is 1. The van der Waals surface area contributed by atoms with Crippen LogP contribution in [-0.2, 0) is 6.42 Å². The van der Waals surface area contributed by atoms with Gasteiger partial charge in [0.25, 0.3) is 0 Å². The Labute approximate surface area is 129 Å². The highest BCUT2D eigenvalue weighted by Gasteiger charge is 2.09. The van der Waals surface area contributed by atoms with Crippen molar-refractivity contribution in [3.8, 4) is 0 Å². The highest BCUT2D eigenvalue weighted by molar-refractivity contribution is 5.86. The average molecular weight is 314 g/mol. The summed E-state index contributed by atoms with van der Waals surface area (Å²) in [7, 11) is 0. The van der Waals surface area contributed by atoms with E-state index in [4.69, 9.17) is 5.73 Å². The van der Waals surface area contributed by atoms with Crippen molar-refractivity contribution in [2.45, 2.75) is 25.7 Å². The normalized spacial score (nSPS) is 14.9. The van der Waals surface area contributed by atoms with E-state index in [0.717, 1.165) is 18.7 Å². The van der Waals surface area contributed by atoms with Crippen LogP contribution in [0, 0.1) is 0 Å².